The van der Waals surface area contributed by atoms with Crippen molar-refractivity contribution in [3.8, 4) is 0 Å². The molecule has 2 atom stereocenters. The average Bonchev–Trinajstić information content (AvgIpc) is 3.03. The summed E-state index contributed by atoms with van der Waals surface area (Å²) in [7, 11) is 2.91. The topological polar surface area (TPSA) is 55.4 Å². The van der Waals surface area contributed by atoms with Crippen LogP contribution in [0.5, 0.6) is 0 Å². The summed E-state index contributed by atoms with van der Waals surface area (Å²) in [6, 6.07) is 0. The highest BCUT2D eigenvalue weighted by Gasteiger charge is 2.69. The van der Waals surface area contributed by atoms with Crippen molar-refractivity contribution in [2.45, 2.75) is 19.3 Å². The van der Waals surface area contributed by atoms with Gasteiger partial charge in [-0.2, -0.15) is 0 Å². The fourth-order valence-corrected chi connectivity index (χ4v) is 2.35. The summed E-state index contributed by atoms with van der Waals surface area (Å²) >= 11 is 0. The lowest BCUT2D eigenvalue weighted by Gasteiger charge is -2.12. The van der Waals surface area contributed by atoms with Crippen LogP contribution < -0.4 is 5.32 Å². The summed E-state index contributed by atoms with van der Waals surface area (Å²) in [5.74, 6) is 0.260. The maximum Gasteiger partial charge on any atom is 0.321 e. The van der Waals surface area contributed by atoms with Crippen molar-refractivity contribution in [2.24, 2.45) is 17.3 Å². The zero-order valence-electron chi connectivity index (χ0n) is 8.50. The van der Waals surface area contributed by atoms with Gasteiger partial charge in [-0.25, -0.2) is 0 Å². The zero-order valence-corrected chi connectivity index (χ0v) is 8.50. The molecule has 0 saturated heterocycles. The molecular formula is C10H15NO3. The molecule has 4 nitrogen and oxygen atoms in total. The van der Waals surface area contributed by atoms with Crippen LogP contribution in [0, 0.1) is 17.3 Å². The van der Waals surface area contributed by atoms with Gasteiger partial charge >= 0.3 is 5.97 Å². The first-order chi connectivity index (χ1) is 6.66. The van der Waals surface area contributed by atoms with Crippen molar-refractivity contribution >= 4 is 11.9 Å². The predicted octanol–water partition coefficient (Wildman–Crippen LogP) is 0.322. The van der Waals surface area contributed by atoms with Crippen LogP contribution in [0.25, 0.3) is 0 Å². The molecule has 2 unspecified atom stereocenters. The van der Waals surface area contributed by atoms with Crippen LogP contribution in [0.3, 0.4) is 0 Å². The molecule has 4 heteroatoms. The lowest BCUT2D eigenvalue weighted by Crippen LogP contribution is -2.37. The summed E-state index contributed by atoms with van der Waals surface area (Å²) in [6.45, 7) is 0. The van der Waals surface area contributed by atoms with Gasteiger partial charge in [-0.1, -0.05) is 0 Å². The van der Waals surface area contributed by atoms with Crippen LogP contribution in [0.4, 0.5) is 0 Å². The van der Waals surface area contributed by atoms with Gasteiger partial charge in [-0.15, -0.1) is 0 Å². The monoisotopic (exact) mass is 197 g/mol. The Morgan fingerprint density at radius 1 is 1.43 bits per heavy atom. The quantitative estimate of drug-likeness (QED) is 0.523. The third-order valence-electron chi connectivity index (χ3n) is 3.39. The second-order valence-corrected chi connectivity index (χ2v) is 4.19. The van der Waals surface area contributed by atoms with Crippen LogP contribution >= 0.6 is 0 Å². The molecule has 0 aromatic carbocycles. The predicted molar refractivity (Wildman–Crippen MR) is 49.3 cm³/mol. The van der Waals surface area contributed by atoms with Crippen LogP contribution in [0.15, 0.2) is 0 Å². The maximum absolute atomic E-state index is 11.6. The van der Waals surface area contributed by atoms with Crippen LogP contribution in [0.2, 0.25) is 0 Å². The van der Waals surface area contributed by atoms with Gasteiger partial charge in [0.2, 0.25) is 5.91 Å². The Kier molecular flexibility index (Phi) is 2.01. The SMILES string of the molecule is CNC(=O)C1(C(=O)OC)CC1C1CC1. The number of rotatable bonds is 3. The molecule has 2 aliphatic rings. The molecule has 2 fully saturated rings. The number of esters is 1. The molecular weight excluding hydrogens is 182 g/mol. The summed E-state index contributed by atoms with van der Waals surface area (Å²) < 4.78 is 4.71. The molecule has 1 amide bonds. The van der Waals surface area contributed by atoms with Gasteiger partial charge in [0.25, 0.3) is 0 Å². The molecule has 1 N–H and O–H groups in total. The largest absolute Gasteiger partial charge is 0.468 e. The molecule has 0 radical (unpaired) electrons. The lowest BCUT2D eigenvalue weighted by atomic mass is 10.0. The Morgan fingerprint density at radius 3 is 2.50 bits per heavy atom. The second-order valence-electron chi connectivity index (χ2n) is 4.19. The van der Waals surface area contributed by atoms with Gasteiger partial charge in [0.1, 0.15) is 5.41 Å². The van der Waals surface area contributed by atoms with Gasteiger partial charge in [-0.05, 0) is 31.1 Å². The molecule has 78 valence electrons. The standard InChI is InChI=1S/C10H15NO3/c1-11-8(12)10(9(13)14-2)5-7(10)6-3-4-6/h6-7H,3-5H2,1-2H3,(H,11,12). The third-order valence-corrected chi connectivity index (χ3v) is 3.39. The van der Waals surface area contributed by atoms with Gasteiger partial charge in [0, 0.05) is 7.05 Å². The van der Waals surface area contributed by atoms with E-state index in [9.17, 15) is 9.59 Å². The van der Waals surface area contributed by atoms with Gasteiger partial charge in [0.15, 0.2) is 0 Å². The molecule has 14 heavy (non-hydrogen) atoms. The van der Waals surface area contributed by atoms with E-state index in [0.29, 0.717) is 12.3 Å². The second kappa shape index (κ2) is 2.97. The van der Waals surface area contributed by atoms with Gasteiger partial charge in [0.05, 0.1) is 7.11 Å². The third kappa shape index (κ3) is 1.13. The lowest BCUT2D eigenvalue weighted by molar-refractivity contribution is -0.152. The molecule has 0 aliphatic heterocycles. The minimum absolute atomic E-state index is 0.179. The van der Waals surface area contributed by atoms with Crippen molar-refractivity contribution in [3.05, 3.63) is 0 Å². The molecule has 0 aromatic rings. The molecule has 0 heterocycles. The minimum atomic E-state index is -0.843. The zero-order chi connectivity index (χ0) is 10.3. The van der Waals surface area contributed by atoms with E-state index in [4.69, 9.17) is 4.74 Å². The van der Waals surface area contributed by atoms with E-state index in [2.05, 4.69) is 5.32 Å². The van der Waals surface area contributed by atoms with E-state index in [1.54, 1.807) is 7.05 Å². The van der Waals surface area contributed by atoms with Crippen LogP contribution in [-0.2, 0) is 14.3 Å². The summed E-state index contributed by atoms with van der Waals surface area (Å²) in [4.78, 5) is 23.2. The first-order valence-electron chi connectivity index (χ1n) is 4.97. The number of amides is 1. The van der Waals surface area contributed by atoms with E-state index in [1.807, 2.05) is 0 Å². The first-order valence-corrected chi connectivity index (χ1v) is 4.97. The molecule has 2 saturated carbocycles. The van der Waals surface area contributed by atoms with E-state index < -0.39 is 5.41 Å². The minimum Gasteiger partial charge on any atom is -0.468 e. The first kappa shape index (κ1) is 9.49. The van der Waals surface area contributed by atoms with E-state index in [0.717, 1.165) is 12.8 Å². The highest BCUT2D eigenvalue weighted by Crippen LogP contribution is 2.63. The number of methoxy groups -OCH3 is 1. The number of ether oxygens (including phenoxy) is 1. The number of carbonyl (C=O) groups excluding carboxylic acids is 2. The van der Waals surface area contributed by atoms with Gasteiger partial charge < -0.3 is 10.1 Å². The van der Waals surface area contributed by atoms with E-state index in [-0.39, 0.29) is 17.8 Å². The molecule has 2 aliphatic carbocycles. The van der Waals surface area contributed by atoms with E-state index in [1.165, 1.54) is 7.11 Å². The summed E-state index contributed by atoms with van der Waals surface area (Å²) in [6.07, 6.45) is 2.98. The van der Waals surface area contributed by atoms with Crippen molar-refractivity contribution in [2.75, 3.05) is 14.2 Å². The smallest absolute Gasteiger partial charge is 0.321 e. The molecule has 2 rings (SSSR count). The van der Waals surface area contributed by atoms with Gasteiger partial charge in [-0.3, -0.25) is 9.59 Å². The Balaban J connectivity index is 2.15. The van der Waals surface area contributed by atoms with Crippen molar-refractivity contribution in [1.29, 1.82) is 0 Å². The fourth-order valence-electron chi connectivity index (χ4n) is 2.35. The Morgan fingerprint density at radius 2 is 2.07 bits per heavy atom. The molecule has 0 aromatic heterocycles. The van der Waals surface area contributed by atoms with Crippen molar-refractivity contribution < 1.29 is 14.3 Å². The Labute approximate surface area is 83.0 Å². The molecule has 0 bridgehead atoms. The Hall–Kier alpha value is -1.06. The fraction of sp³-hybridized carbons (Fsp3) is 0.800. The highest BCUT2D eigenvalue weighted by atomic mass is 16.5. The van der Waals surface area contributed by atoms with Crippen molar-refractivity contribution in [1.82, 2.24) is 5.32 Å². The van der Waals surface area contributed by atoms with Crippen molar-refractivity contribution in [3.63, 3.8) is 0 Å². The molecule has 0 spiro atoms. The number of hydrogen-bond donors (Lipinski definition) is 1. The summed E-state index contributed by atoms with van der Waals surface area (Å²) in [5, 5.41) is 2.56. The Bertz CT molecular complexity index is 267. The normalized spacial score (nSPS) is 34.9. The average molecular weight is 197 g/mol. The number of hydrogen-bond acceptors (Lipinski definition) is 3. The number of carbonyl (C=O) groups is 2. The van der Waals surface area contributed by atoms with E-state index >= 15 is 0 Å². The van der Waals surface area contributed by atoms with Crippen LogP contribution in [-0.4, -0.2) is 26.0 Å². The number of nitrogens with one attached hydrogen (secondary N) is 1. The highest BCUT2D eigenvalue weighted by molar-refractivity contribution is 6.06. The maximum atomic E-state index is 11.6. The van der Waals surface area contributed by atoms with Crippen LogP contribution in [0.1, 0.15) is 19.3 Å². The summed E-state index contributed by atoms with van der Waals surface area (Å²) in [5.41, 5.74) is -0.843.